The van der Waals surface area contributed by atoms with E-state index in [0.29, 0.717) is 10.2 Å². The fourth-order valence-electron chi connectivity index (χ4n) is 4.87. The van der Waals surface area contributed by atoms with Crippen molar-refractivity contribution in [3.05, 3.63) is 78.7 Å². The van der Waals surface area contributed by atoms with Crippen LogP contribution in [-0.2, 0) is 35.3 Å². The van der Waals surface area contributed by atoms with E-state index in [1.165, 1.54) is 39.9 Å². The van der Waals surface area contributed by atoms with Crippen LogP contribution in [-0.4, -0.2) is 109 Å². The normalized spacial score (nSPS) is 13.2. The standard InChI is InChI=1S/C15H14Cl2F3N3O3.C14H13Cl2N5O4S.C5H12NO4P/c1-3-26-13(24)10(17)4-8-5-12(11(18)6-9(8)16)23-15(25)22(14(19)20)7(2)21-23;1-7-4-5-8(15)12(11(7)16)20-26(22,23)14-18-13-17-9(24-2)6-10(25-3)21(13)19-14;1-11(9,10)3-2-4(6)5(7)8/h5-6,10,14H,3-4H2,1-2H3;4-6,20H,1-3H3;4H,2-3,6H2,1H3,(H,7,8)(H,9,10). The third kappa shape index (κ3) is 13.9. The summed E-state index contributed by atoms with van der Waals surface area (Å²) in [6.45, 7) is 2.71. The summed E-state index contributed by atoms with van der Waals surface area (Å²) < 4.78 is 95.1. The van der Waals surface area contributed by atoms with Gasteiger partial charge in [-0.05, 0) is 56.5 Å². The highest BCUT2D eigenvalue weighted by Crippen LogP contribution is 2.36. The highest BCUT2D eigenvalue weighted by atomic mass is 35.5. The van der Waals surface area contributed by atoms with Crippen LogP contribution in [0, 0.1) is 19.7 Å². The number of nitrogens with zero attached hydrogens (tertiary/aromatic N) is 7. The molecule has 3 atom stereocenters. The highest BCUT2D eigenvalue weighted by molar-refractivity contribution is 7.92. The van der Waals surface area contributed by atoms with Crippen LogP contribution >= 0.6 is 53.8 Å². The largest absolute Gasteiger partial charge is 0.481 e. The van der Waals surface area contributed by atoms with Gasteiger partial charge in [-0.3, -0.25) is 18.9 Å². The van der Waals surface area contributed by atoms with Gasteiger partial charge in [0.05, 0.1) is 42.6 Å². The van der Waals surface area contributed by atoms with Gasteiger partial charge in [0.15, 0.2) is 13.2 Å². The number of methoxy groups -OCH3 is 2. The minimum atomic E-state index is -4.18. The molecule has 0 aliphatic carbocycles. The summed E-state index contributed by atoms with van der Waals surface area (Å²) in [7, 11) is -4.47. The monoisotopic (exact) mass is 1010 g/mol. The van der Waals surface area contributed by atoms with Crippen LogP contribution in [0.1, 0.15) is 36.8 Å². The molecular formula is C34H39Cl4F3N9O11PS. The molecule has 2 aromatic carbocycles. The van der Waals surface area contributed by atoms with Crippen molar-refractivity contribution in [2.45, 2.75) is 56.7 Å². The lowest BCUT2D eigenvalue weighted by molar-refractivity contribution is -0.142. The van der Waals surface area contributed by atoms with Gasteiger partial charge in [0, 0.05) is 24.3 Å². The SMILES string of the molecule is CCOC(=O)C(Cl)Cc1cc(-n2nc(C)n(C(F)F)c2=O)c(F)cc1Cl.COc1cc(OC)n2nc(S(=O)(=O)Nc3c(Cl)ccc(C)c3Cl)nc2n1.CP(=O)(O)CCC(N)C(=O)O. The molecule has 0 saturated heterocycles. The Labute approximate surface area is 376 Å². The number of alkyl halides is 3. The van der Waals surface area contributed by atoms with E-state index in [2.05, 4.69) is 24.9 Å². The number of aliphatic carboxylic acids is 1. The Hall–Kier alpha value is -4.68. The predicted octanol–water partition coefficient (Wildman–Crippen LogP) is 5.49. The molecule has 3 heterocycles. The van der Waals surface area contributed by atoms with E-state index in [-0.39, 0.29) is 85.5 Å². The van der Waals surface area contributed by atoms with Crippen LogP contribution in [0.5, 0.6) is 11.8 Å². The lowest BCUT2D eigenvalue weighted by Gasteiger charge is -2.12. The van der Waals surface area contributed by atoms with Gasteiger partial charge in [-0.1, -0.05) is 40.9 Å². The summed E-state index contributed by atoms with van der Waals surface area (Å²) in [4.78, 5) is 50.5. The fourth-order valence-corrected chi connectivity index (χ4v) is 7.62. The molecule has 0 spiro atoms. The number of ether oxygens (including phenoxy) is 3. The first-order valence-electron chi connectivity index (χ1n) is 17.6. The smallest absolute Gasteiger partial charge is 0.355 e. The lowest BCUT2D eigenvalue weighted by atomic mass is 10.1. The van der Waals surface area contributed by atoms with Crippen LogP contribution in [0.3, 0.4) is 0 Å². The highest BCUT2D eigenvalue weighted by Gasteiger charge is 2.27. The molecule has 0 bridgehead atoms. The third-order valence-corrected chi connectivity index (χ3v) is 11.8. The molecule has 0 aliphatic rings. The van der Waals surface area contributed by atoms with E-state index < -0.39 is 64.0 Å². The molecule has 0 fully saturated rings. The Kier molecular flexibility index (Phi) is 18.6. The van der Waals surface area contributed by atoms with Crippen LogP contribution in [0.25, 0.3) is 11.5 Å². The number of esters is 1. The van der Waals surface area contributed by atoms with Gasteiger partial charge in [0.2, 0.25) is 11.8 Å². The fraction of sp³-hybridized carbons (Fsp3) is 0.382. The molecular weight excluding hydrogens is 972 g/mol. The van der Waals surface area contributed by atoms with Gasteiger partial charge in [-0.25, -0.2) is 13.8 Å². The summed E-state index contributed by atoms with van der Waals surface area (Å²) in [5, 5.41) is 14.5. The summed E-state index contributed by atoms with van der Waals surface area (Å²) in [6.07, 6.45) is -0.115. The zero-order chi connectivity index (χ0) is 47.7. The van der Waals surface area contributed by atoms with E-state index in [9.17, 15) is 40.5 Å². The first kappa shape index (κ1) is 52.7. The van der Waals surface area contributed by atoms with Crippen molar-refractivity contribution in [1.82, 2.24) is 33.9 Å². The van der Waals surface area contributed by atoms with Crippen LogP contribution < -0.4 is 25.6 Å². The number of fused-ring (bicyclic) bond motifs is 1. The Bertz CT molecular complexity index is 2690. The number of aryl methyl sites for hydroxylation is 2. The van der Waals surface area contributed by atoms with Crippen LogP contribution in [0.15, 0.2) is 40.3 Å². The molecule has 20 nitrogen and oxygen atoms in total. The van der Waals surface area contributed by atoms with Crippen molar-refractivity contribution in [3.63, 3.8) is 0 Å². The van der Waals surface area contributed by atoms with E-state index in [0.717, 1.165) is 16.6 Å². The van der Waals surface area contributed by atoms with Crippen LogP contribution in [0.4, 0.5) is 18.9 Å². The molecule has 346 valence electrons. The minimum absolute atomic E-state index is 0.0111. The van der Waals surface area contributed by atoms with Crippen molar-refractivity contribution in [2.24, 2.45) is 5.73 Å². The molecule has 0 amide bonds. The van der Waals surface area contributed by atoms with Gasteiger partial charge in [-0.2, -0.15) is 36.4 Å². The number of benzene rings is 2. The number of anilines is 1. The van der Waals surface area contributed by atoms with E-state index in [1.807, 2.05) is 0 Å². The number of carboxylic acid groups (broad SMARTS) is 1. The number of halogens is 7. The van der Waals surface area contributed by atoms with Crippen molar-refractivity contribution in [1.29, 1.82) is 0 Å². The van der Waals surface area contributed by atoms with E-state index >= 15 is 0 Å². The second-order valence-corrected chi connectivity index (χ2v) is 18.7. The maximum atomic E-state index is 14.2. The topological polar surface area (TPSA) is 274 Å². The Morgan fingerprint density at radius 3 is 2.24 bits per heavy atom. The van der Waals surface area contributed by atoms with Gasteiger partial charge < -0.3 is 29.9 Å². The first-order valence-corrected chi connectivity index (χ1v) is 23.0. The molecule has 5 aromatic rings. The average molecular weight is 1010 g/mol. The quantitative estimate of drug-likeness (QED) is 0.0573. The first-order chi connectivity index (χ1) is 29.3. The molecule has 3 unspecified atom stereocenters. The Morgan fingerprint density at radius 2 is 1.70 bits per heavy atom. The number of sulfonamides is 1. The van der Waals surface area contributed by atoms with Gasteiger partial charge in [0.25, 0.3) is 21.0 Å². The minimum Gasteiger partial charge on any atom is -0.481 e. The number of carboxylic acids is 1. The number of hydrogen-bond donors (Lipinski definition) is 4. The van der Waals surface area contributed by atoms with E-state index in [4.69, 9.17) is 76.3 Å². The second-order valence-electron chi connectivity index (χ2n) is 12.8. The third-order valence-electron chi connectivity index (χ3n) is 8.05. The van der Waals surface area contributed by atoms with Crippen molar-refractivity contribution in [3.8, 4) is 17.4 Å². The number of rotatable bonds is 15. The van der Waals surface area contributed by atoms with Gasteiger partial charge in [-0.15, -0.1) is 21.8 Å². The van der Waals surface area contributed by atoms with Gasteiger partial charge >= 0.3 is 24.2 Å². The number of carbonyl (C=O) groups is 2. The molecule has 0 radical (unpaired) electrons. The van der Waals surface area contributed by atoms with Crippen molar-refractivity contribution in [2.75, 3.05) is 38.4 Å². The number of nitrogens with two attached hydrogens (primary N) is 1. The molecule has 0 saturated carbocycles. The summed E-state index contributed by atoms with van der Waals surface area (Å²) >= 11 is 24.1. The second kappa shape index (κ2) is 22.3. The number of nitrogens with one attached hydrogen (secondary N) is 1. The van der Waals surface area contributed by atoms with Gasteiger partial charge in [0.1, 0.15) is 22.9 Å². The molecule has 5 rings (SSSR count). The number of aromatic nitrogens is 7. The van der Waals surface area contributed by atoms with Crippen molar-refractivity contribution < 1.29 is 60.0 Å². The Balaban J connectivity index is 0.000000273. The van der Waals surface area contributed by atoms with Crippen molar-refractivity contribution >= 4 is 87.2 Å². The molecule has 29 heteroatoms. The Morgan fingerprint density at radius 1 is 1.05 bits per heavy atom. The number of carbonyl (C=O) groups excluding carboxylic acids is 1. The predicted molar refractivity (Wildman–Crippen MR) is 225 cm³/mol. The summed E-state index contributed by atoms with van der Waals surface area (Å²) in [5.74, 6) is -2.67. The maximum absolute atomic E-state index is 14.2. The number of hydrogen-bond acceptors (Lipinski definition) is 14. The van der Waals surface area contributed by atoms with Crippen LogP contribution in [0.2, 0.25) is 15.1 Å². The summed E-state index contributed by atoms with van der Waals surface area (Å²) in [5.41, 5.74) is 4.43. The zero-order valence-corrected chi connectivity index (χ0v) is 38.5. The molecule has 5 N–H and O–H groups in total. The van der Waals surface area contributed by atoms with E-state index in [1.54, 1.807) is 19.9 Å². The molecule has 63 heavy (non-hydrogen) atoms. The maximum Gasteiger partial charge on any atom is 0.355 e. The summed E-state index contributed by atoms with van der Waals surface area (Å²) in [6, 6.07) is 5.65. The molecule has 0 aliphatic heterocycles. The average Bonchev–Trinajstić information content (AvgIpc) is 3.78. The molecule has 3 aromatic heterocycles. The lowest BCUT2D eigenvalue weighted by Crippen LogP contribution is -2.30. The zero-order valence-electron chi connectivity index (χ0n) is 33.7.